The molecule has 1 atom stereocenters. The Kier molecular flexibility index (Phi) is 2.30. The van der Waals surface area contributed by atoms with Crippen molar-refractivity contribution in [2.45, 2.75) is 6.23 Å². The van der Waals surface area contributed by atoms with Crippen molar-refractivity contribution in [3.8, 4) is 0 Å². The van der Waals surface area contributed by atoms with Gasteiger partial charge in [-0.2, -0.15) is 0 Å². The van der Waals surface area contributed by atoms with Gasteiger partial charge in [0.1, 0.15) is 6.23 Å². The minimum atomic E-state index is -0.0151. The van der Waals surface area contributed by atoms with E-state index in [0.717, 1.165) is 23.7 Å². The number of benzene rings is 1. The monoisotopic (exact) mass is 183 g/mol. The number of halogens is 1. The van der Waals surface area contributed by atoms with E-state index in [1.54, 1.807) is 0 Å². The van der Waals surface area contributed by atoms with E-state index in [-0.39, 0.29) is 6.23 Å². The van der Waals surface area contributed by atoms with E-state index in [9.17, 15) is 0 Å². The SMILES string of the molecule is Clc1ccccc1C1NCCO1. The van der Waals surface area contributed by atoms with Gasteiger partial charge in [0.15, 0.2) is 0 Å². The van der Waals surface area contributed by atoms with E-state index in [4.69, 9.17) is 16.3 Å². The lowest BCUT2D eigenvalue weighted by Gasteiger charge is -2.11. The Morgan fingerprint density at radius 1 is 1.42 bits per heavy atom. The van der Waals surface area contributed by atoms with Crippen molar-refractivity contribution in [3.05, 3.63) is 34.9 Å². The molecule has 1 aromatic carbocycles. The first kappa shape index (κ1) is 8.05. The summed E-state index contributed by atoms with van der Waals surface area (Å²) in [5.74, 6) is 0. The van der Waals surface area contributed by atoms with Crippen molar-refractivity contribution in [1.29, 1.82) is 0 Å². The fourth-order valence-corrected chi connectivity index (χ4v) is 1.55. The molecule has 0 amide bonds. The van der Waals surface area contributed by atoms with Crippen LogP contribution < -0.4 is 5.32 Å². The molecule has 2 nitrogen and oxygen atoms in total. The highest BCUT2D eigenvalue weighted by Crippen LogP contribution is 2.24. The first-order valence-electron chi connectivity index (χ1n) is 3.97. The van der Waals surface area contributed by atoms with Gasteiger partial charge in [0, 0.05) is 17.1 Å². The zero-order valence-electron chi connectivity index (χ0n) is 6.59. The van der Waals surface area contributed by atoms with Crippen LogP contribution in [0.15, 0.2) is 24.3 Å². The number of nitrogens with one attached hydrogen (secondary N) is 1. The molecule has 1 N–H and O–H groups in total. The predicted octanol–water partition coefficient (Wildman–Crippen LogP) is 1.96. The van der Waals surface area contributed by atoms with Crippen LogP contribution in [0.2, 0.25) is 5.02 Å². The molecule has 1 aromatic rings. The molecule has 0 radical (unpaired) electrons. The van der Waals surface area contributed by atoms with Crippen molar-refractivity contribution < 1.29 is 4.74 Å². The molecule has 3 heteroatoms. The fourth-order valence-electron chi connectivity index (χ4n) is 1.31. The van der Waals surface area contributed by atoms with Crippen molar-refractivity contribution in [2.24, 2.45) is 0 Å². The van der Waals surface area contributed by atoms with Gasteiger partial charge < -0.3 is 4.74 Å². The number of rotatable bonds is 1. The summed E-state index contributed by atoms with van der Waals surface area (Å²) in [6.45, 7) is 1.66. The molecule has 0 spiro atoms. The Morgan fingerprint density at radius 2 is 2.25 bits per heavy atom. The second kappa shape index (κ2) is 3.44. The molecule has 2 rings (SSSR count). The maximum absolute atomic E-state index is 5.98. The van der Waals surface area contributed by atoms with E-state index < -0.39 is 0 Å². The molecular formula is C9H10ClNO. The van der Waals surface area contributed by atoms with E-state index in [2.05, 4.69) is 5.32 Å². The largest absolute Gasteiger partial charge is 0.358 e. The summed E-state index contributed by atoms with van der Waals surface area (Å²) in [4.78, 5) is 0. The summed E-state index contributed by atoms with van der Waals surface area (Å²) in [6.07, 6.45) is -0.0151. The number of hydrogen-bond acceptors (Lipinski definition) is 2. The third kappa shape index (κ3) is 1.46. The highest BCUT2D eigenvalue weighted by Gasteiger charge is 2.18. The first-order valence-corrected chi connectivity index (χ1v) is 4.35. The molecule has 1 heterocycles. The molecule has 1 aliphatic rings. The van der Waals surface area contributed by atoms with Crippen LogP contribution in [-0.2, 0) is 4.74 Å². The highest BCUT2D eigenvalue weighted by atomic mass is 35.5. The molecule has 0 bridgehead atoms. The summed E-state index contributed by atoms with van der Waals surface area (Å²) in [6, 6.07) is 7.73. The number of hydrogen-bond donors (Lipinski definition) is 1. The molecule has 1 unspecified atom stereocenters. The Labute approximate surface area is 76.5 Å². The number of ether oxygens (including phenoxy) is 1. The Hall–Kier alpha value is -0.570. The molecule has 0 saturated carbocycles. The first-order chi connectivity index (χ1) is 5.88. The zero-order chi connectivity index (χ0) is 8.39. The minimum absolute atomic E-state index is 0.0151. The standard InChI is InChI=1S/C9H10ClNO/c10-8-4-2-1-3-7(8)9-11-5-6-12-9/h1-4,9,11H,5-6H2. The van der Waals surface area contributed by atoms with Crippen LogP contribution in [0.3, 0.4) is 0 Å². The zero-order valence-corrected chi connectivity index (χ0v) is 7.34. The van der Waals surface area contributed by atoms with Gasteiger partial charge in [0.2, 0.25) is 0 Å². The van der Waals surface area contributed by atoms with Crippen LogP contribution in [0, 0.1) is 0 Å². The second-order valence-corrected chi connectivity index (χ2v) is 3.13. The van der Waals surface area contributed by atoms with Gasteiger partial charge in [0.25, 0.3) is 0 Å². The van der Waals surface area contributed by atoms with E-state index in [1.165, 1.54) is 0 Å². The maximum atomic E-state index is 5.98. The second-order valence-electron chi connectivity index (χ2n) is 2.73. The van der Waals surface area contributed by atoms with Crippen LogP contribution in [0.5, 0.6) is 0 Å². The normalized spacial score (nSPS) is 22.9. The minimum Gasteiger partial charge on any atom is -0.358 e. The predicted molar refractivity (Wildman–Crippen MR) is 48.1 cm³/mol. The van der Waals surface area contributed by atoms with Gasteiger partial charge in [-0.3, -0.25) is 5.32 Å². The molecule has 64 valence electrons. The molecule has 0 aromatic heterocycles. The maximum Gasteiger partial charge on any atom is 0.135 e. The Balaban J connectivity index is 2.26. The van der Waals surface area contributed by atoms with Crippen LogP contribution in [0.1, 0.15) is 11.8 Å². The van der Waals surface area contributed by atoms with Gasteiger partial charge in [-0.05, 0) is 6.07 Å². The molecular weight excluding hydrogens is 174 g/mol. The third-order valence-corrected chi connectivity index (χ3v) is 2.25. The molecule has 1 fully saturated rings. The quantitative estimate of drug-likeness (QED) is 0.719. The Bertz CT molecular complexity index is 271. The van der Waals surface area contributed by atoms with Gasteiger partial charge in [-0.15, -0.1) is 0 Å². The highest BCUT2D eigenvalue weighted by molar-refractivity contribution is 6.31. The van der Waals surface area contributed by atoms with Crippen LogP contribution in [-0.4, -0.2) is 13.2 Å². The van der Waals surface area contributed by atoms with Gasteiger partial charge >= 0.3 is 0 Å². The van der Waals surface area contributed by atoms with Crippen LogP contribution in [0.25, 0.3) is 0 Å². The lowest BCUT2D eigenvalue weighted by molar-refractivity contribution is 0.102. The van der Waals surface area contributed by atoms with Gasteiger partial charge in [-0.25, -0.2) is 0 Å². The van der Waals surface area contributed by atoms with E-state index in [0.29, 0.717) is 0 Å². The lowest BCUT2D eigenvalue weighted by Crippen LogP contribution is -2.14. The molecule has 12 heavy (non-hydrogen) atoms. The average Bonchev–Trinajstić information content (AvgIpc) is 2.57. The van der Waals surface area contributed by atoms with Crippen LogP contribution >= 0.6 is 11.6 Å². The van der Waals surface area contributed by atoms with Crippen molar-refractivity contribution in [3.63, 3.8) is 0 Å². The smallest absolute Gasteiger partial charge is 0.135 e. The summed E-state index contributed by atoms with van der Waals surface area (Å²) >= 11 is 5.98. The van der Waals surface area contributed by atoms with E-state index >= 15 is 0 Å². The topological polar surface area (TPSA) is 21.3 Å². The summed E-state index contributed by atoms with van der Waals surface area (Å²) in [7, 11) is 0. The summed E-state index contributed by atoms with van der Waals surface area (Å²) in [5.41, 5.74) is 1.02. The average molecular weight is 184 g/mol. The van der Waals surface area contributed by atoms with Crippen molar-refractivity contribution in [2.75, 3.05) is 13.2 Å². The Morgan fingerprint density at radius 3 is 2.92 bits per heavy atom. The molecule has 0 aliphatic carbocycles. The van der Waals surface area contributed by atoms with Gasteiger partial charge in [0.05, 0.1) is 6.61 Å². The van der Waals surface area contributed by atoms with Crippen LogP contribution in [0.4, 0.5) is 0 Å². The third-order valence-electron chi connectivity index (χ3n) is 1.90. The van der Waals surface area contributed by atoms with Crippen molar-refractivity contribution in [1.82, 2.24) is 5.32 Å². The molecule has 1 saturated heterocycles. The molecule has 1 aliphatic heterocycles. The van der Waals surface area contributed by atoms with Gasteiger partial charge in [-0.1, -0.05) is 29.8 Å². The summed E-state index contributed by atoms with van der Waals surface area (Å²) in [5, 5.41) is 3.97. The van der Waals surface area contributed by atoms with Crippen molar-refractivity contribution >= 4 is 11.6 Å². The summed E-state index contributed by atoms with van der Waals surface area (Å²) < 4.78 is 5.42. The lowest BCUT2D eigenvalue weighted by atomic mass is 10.2. The fraction of sp³-hybridized carbons (Fsp3) is 0.333. The van der Waals surface area contributed by atoms with E-state index in [1.807, 2.05) is 24.3 Å².